The summed E-state index contributed by atoms with van der Waals surface area (Å²) in [5.41, 5.74) is 3.01. The van der Waals surface area contributed by atoms with Crippen LogP contribution in [-0.4, -0.2) is 18.1 Å². The number of rotatable bonds is 5. The number of aromatic nitrogens is 1. The Morgan fingerprint density at radius 2 is 2.00 bits per heavy atom. The van der Waals surface area contributed by atoms with Gasteiger partial charge in [0.05, 0.1) is 7.11 Å². The zero-order chi connectivity index (χ0) is 16.1. The number of H-pyrrole nitrogens is 1. The third kappa shape index (κ3) is 3.61. The molecular formula is C19H17NO3. The highest BCUT2D eigenvalue weighted by molar-refractivity contribution is 5.94. The lowest BCUT2D eigenvalue weighted by atomic mass is 10.1. The minimum atomic E-state index is -0.373. The molecule has 0 spiro atoms. The summed E-state index contributed by atoms with van der Waals surface area (Å²) in [6.07, 6.45) is 4.99. The number of benzene rings is 2. The summed E-state index contributed by atoms with van der Waals surface area (Å²) in [5.74, 6) is 0.425. The van der Waals surface area contributed by atoms with Crippen molar-refractivity contribution in [1.29, 1.82) is 0 Å². The van der Waals surface area contributed by atoms with Crippen LogP contribution in [0, 0.1) is 0 Å². The maximum absolute atomic E-state index is 11.2. The number of carbonyl (C=O) groups excluding carboxylic acids is 1. The first-order chi connectivity index (χ1) is 11.3. The molecule has 1 aromatic heterocycles. The minimum Gasteiger partial charge on any atom is -0.489 e. The number of ether oxygens (including phenoxy) is 2. The molecule has 0 saturated carbocycles. The molecule has 0 saturated heterocycles. The van der Waals surface area contributed by atoms with Gasteiger partial charge in [-0.2, -0.15) is 0 Å². The van der Waals surface area contributed by atoms with E-state index in [4.69, 9.17) is 4.74 Å². The first kappa shape index (κ1) is 14.9. The van der Waals surface area contributed by atoms with E-state index in [0.29, 0.717) is 6.61 Å². The van der Waals surface area contributed by atoms with Crippen LogP contribution >= 0.6 is 0 Å². The van der Waals surface area contributed by atoms with Gasteiger partial charge in [0.25, 0.3) is 0 Å². The molecule has 0 atom stereocenters. The monoisotopic (exact) mass is 307 g/mol. The molecule has 1 heterocycles. The Morgan fingerprint density at radius 3 is 2.78 bits per heavy atom. The van der Waals surface area contributed by atoms with Gasteiger partial charge in [0.1, 0.15) is 12.4 Å². The average molecular weight is 307 g/mol. The van der Waals surface area contributed by atoms with Crippen LogP contribution < -0.4 is 4.74 Å². The highest BCUT2D eigenvalue weighted by atomic mass is 16.5. The number of methoxy groups -OCH3 is 1. The van der Waals surface area contributed by atoms with Crippen molar-refractivity contribution in [1.82, 2.24) is 4.98 Å². The highest BCUT2D eigenvalue weighted by Gasteiger charge is 2.04. The maximum Gasteiger partial charge on any atom is 0.330 e. The van der Waals surface area contributed by atoms with Crippen LogP contribution in [0.3, 0.4) is 0 Å². The Morgan fingerprint density at radius 1 is 1.17 bits per heavy atom. The molecule has 4 heteroatoms. The van der Waals surface area contributed by atoms with E-state index in [1.165, 1.54) is 13.2 Å². The second kappa shape index (κ2) is 6.83. The number of hydrogen-bond acceptors (Lipinski definition) is 3. The van der Waals surface area contributed by atoms with Gasteiger partial charge < -0.3 is 14.5 Å². The van der Waals surface area contributed by atoms with E-state index in [1.54, 1.807) is 6.08 Å². The molecule has 0 fully saturated rings. The molecular weight excluding hydrogens is 290 g/mol. The average Bonchev–Trinajstić information content (AvgIpc) is 3.01. The lowest BCUT2D eigenvalue weighted by Gasteiger charge is -2.06. The highest BCUT2D eigenvalue weighted by Crippen LogP contribution is 2.24. The molecule has 0 radical (unpaired) electrons. The van der Waals surface area contributed by atoms with Crippen molar-refractivity contribution in [2.75, 3.05) is 7.11 Å². The first-order valence-electron chi connectivity index (χ1n) is 7.30. The van der Waals surface area contributed by atoms with Gasteiger partial charge in [-0.1, -0.05) is 30.3 Å². The van der Waals surface area contributed by atoms with Crippen LogP contribution in [0.15, 0.2) is 60.8 Å². The van der Waals surface area contributed by atoms with E-state index in [2.05, 4.69) is 9.72 Å². The van der Waals surface area contributed by atoms with Crippen LogP contribution in [-0.2, 0) is 16.1 Å². The van der Waals surface area contributed by atoms with Gasteiger partial charge in [-0.3, -0.25) is 0 Å². The molecule has 0 aliphatic carbocycles. The van der Waals surface area contributed by atoms with Crippen LogP contribution in [0.25, 0.3) is 17.0 Å². The second-order valence-electron chi connectivity index (χ2n) is 5.08. The van der Waals surface area contributed by atoms with Crippen LogP contribution in [0.5, 0.6) is 5.75 Å². The second-order valence-corrected chi connectivity index (χ2v) is 5.08. The zero-order valence-electron chi connectivity index (χ0n) is 12.8. The summed E-state index contributed by atoms with van der Waals surface area (Å²) < 4.78 is 10.4. The third-order valence-corrected chi connectivity index (χ3v) is 3.53. The summed E-state index contributed by atoms with van der Waals surface area (Å²) in [7, 11) is 1.36. The van der Waals surface area contributed by atoms with Gasteiger partial charge in [0.15, 0.2) is 0 Å². The van der Waals surface area contributed by atoms with Crippen LogP contribution in [0.4, 0.5) is 0 Å². The molecule has 0 bridgehead atoms. The first-order valence-corrected chi connectivity index (χ1v) is 7.30. The fourth-order valence-electron chi connectivity index (χ4n) is 2.32. The SMILES string of the molecule is COC(=O)C=Cc1c[nH]c2cc(OCc3ccccc3)ccc12. The van der Waals surface area contributed by atoms with Crippen molar-refractivity contribution in [2.24, 2.45) is 0 Å². The predicted octanol–water partition coefficient (Wildman–Crippen LogP) is 3.93. The minimum absolute atomic E-state index is 0.373. The van der Waals surface area contributed by atoms with Crippen molar-refractivity contribution >= 4 is 22.9 Å². The largest absolute Gasteiger partial charge is 0.489 e. The fourth-order valence-corrected chi connectivity index (χ4v) is 2.32. The van der Waals surface area contributed by atoms with Crippen molar-refractivity contribution in [3.8, 4) is 5.75 Å². The lowest BCUT2D eigenvalue weighted by molar-refractivity contribution is -0.134. The number of esters is 1. The Balaban J connectivity index is 1.75. The Labute approximate surface area is 134 Å². The standard InChI is InChI=1S/C19H17NO3/c1-22-19(21)10-7-15-12-20-18-11-16(8-9-17(15)18)23-13-14-5-3-2-4-6-14/h2-12,20H,13H2,1H3. The molecule has 23 heavy (non-hydrogen) atoms. The van der Waals surface area contributed by atoms with E-state index >= 15 is 0 Å². The lowest BCUT2D eigenvalue weighted by Crippen LogP contribution is -1.94. The molecule has 1 N–H and O–H groups in total. The van der Waals surface area contributed by atoms with E-state index in [9.17, 15) is 4.79 Å². The number of carbonyl (C=O) groups is 1. The summed E-state index contributed by atoms with van der Waals surface area (Å²) in [5, 5.41) is 1.03. The number of nitrogens with one attached hydrogen (secondary N) is 1. The predicted molar refractivity (Wildman–Crippen MR) is 90.1 cm³/mol. The quantitative estimate of drug-likeness (QED) is 0.574. The van der Waals surface area contributed by atoms with Crippen LogP contribution in [0.1, 0.15) is 11.1 Å². The Hall–Kier alpha value is -3.01. The molecule has 0 amide bonds. The molecule has 0 unspecified atom stereocenters. The summed E-state index contributed by atoms with van der Waals surface area (Å²) in [6, 6.07) is 15.9. The van der Waals surface area contributed by atoms with Crippen molar-refractivity contribution in [3.63, 3.8) is 0 Å². The van der Waals surface area contributed by atoms with Gasteiger partial charge in [0.2, 0.25) is 0 Å². The molecule has 3 rings (SSSR count). The van der Waals surface area contributed by atoms with Gasteiger partial charge in [-0.25, -0.2) is 4.79 Å². The fraction of sp³-hybridized carbons (Fsp3) is 0.105. The normalized spacial score (nSPS) is 11.0. The van der Waals surface area contributed by atoms with Crippen molar-refractivity contribution in [3.05, 3.63) is 71.9 Å². The number of fused-ring (bicyclic) bond motifs is 1. The van der Waals surface area contributed by atoms with E-state index < -0.39 is 0 Å². The van der Waals surface area contributed by atoms with Crippen LogP contribution in [0.2, 0.25) is 0 Å². The van der Waals surface area contributed by atoms with E-state index in [-0.39, 0.29) is 5.97 Å². The smallest absolute Gasteiger partial charge is 0.330 e. The molecule has 2 aromatic carbocycles. The number of aromatic amines is 1. The van der Waals surface area contributed by atoms with E-state index in [0.717, 1.165) is 27.8 Å². The molecule has 3 aromatic rings. The van der Waals surface area contributed by atoms with Crippen molar-refractivity contribution < 1.29 is 14.3 Å². The molecule has 116 valence electrons. The number of hydrogen-bond donors (Lipinski definition) is 1. The summed E-state index contributed by atoms with van der Waals surface area (Å²) >= 11 is 0. The molecule has 4 nitrogen and oxygen atoms in total. The van der Waals surface area contributed by atoms with E-state index in [1.807, 2.05) is 54.7 Å². The topological polar surface area (TPSA) is 51.3 Å². The molecule has 0 aliphatic heterocycles. The Bertz CT molecular complexity index is 834. The van der Waals surface area contributed by atoms with Gasteiger partial charge in [-0.15, -0.1) is 0 Å². The summed E-state index contributed by atoms with van der Waals surface area (Å²) in [6.45, 7) is 0.530. The summed E-state index contributed by atoms with van der Waals surface area (Å²) in [4.78, 5) is 14.4. The third-order valence-electron chi connectivity index (χ3n) is 3.53. The van der Waals surface area contributed by atoms with Gasteiger partial charge in [-0.05, 0) is 23.8 Å². The zero-order valence-corrected chi connectivity index (χ0v) is 12.8. The van der Waals surface area contributed by atoms with Gasteiger partial charge >= 0.3 is 5.97 Å². The Kier molecular flexibility index (Phi) is 4.43. The molecule has 0 aliphatic rings. The maximum atomic E-state index is 11.2. The van der Waals surface area contributed by atoms with Crippen molar-refractivity contribution in [2.45, 2.75) is 6.61 Å². The van der Waals surface area contributed by atoms with Gasteiger partial charge in [0, 0.05) is 34.8 Å².